The molecule has 0 aromatic heterocycles. The molecule has 0 spiro atoms. The Morgan fingerprint density at radius 3 is 2.27 bits per heavy atom. The summed E-state index contributed by atoms with van der Waals surface area (Å²) in [6.45, 7) is 11.0. The van der Waals surface area contributed by atoms with Crippen LogP contribution in [-0.4, -0.2) is 25.5 Å². The summed E-state index contributed by atoms with van der Waals surface area (Å²) in [6.07, 6.45) is 5.57. The fourth-order valence-electron chi connectivity index (χ4n) is 3.91. The van der Waals surface area contributed by atoms with Gasteiger partial charge in [0.15, 0.2) is 0 Å². The predicted octanol–water partition coefficient (Wildman–Crippen LogP) is 3.79. The highest BCUT2D eigenvalue weighted by Gasteiger charge is 2.46. The van der Waals surface area contributed by atoms with Crippen LogP contribution in [0.3, 0.4) is 0 Å². The largest absolute Gasteiger partial charge is 0.309 e. The molecule has 0 N–H and O–H groups in total. The van der Waals surface area contributed by atoms with Gasteiger partial charge in [0.25, 0.3) is 0 Å². The van der Waals surface area contributed by atoms with E-state index < -0.39 is 0 Å². The van der Waals surface area contributed by atoms with Crippen molar-refractivity contribution >= 4 is 0 Å². The minimum atomic E-state index is 0.548. The van der Waals surface area contributed by atoms with Gasteiger partial charge in [-0.3, -0.25) is 0 Å². The minimum absolute atomic E-state index is 0.548. The first-order chi connectivity index (χ1) is 6.79. The maximum atomic E-state index is 2.48. The van der Waals surface area contributed by atoms with Crippen LogP contribution in [0, 0.1) is 16.7 Å². The maximum Gasteiger partial charge on any atom is 0.00295 e. The van der Waals surface area contributed by atoms with E-state index in [1.807, 2.05) is 0 Å². The van der Waals surface area contributed by atoms with Crippen LogP contribution in [0.2, 0.25) is 0 Å². The van der Waals surface area contributed by atoms with Crippen molar-refractivity contribution in [3.63, 3.8) is 0 Å². The van der Waals surface area contributed by atoms with Crippen LogP contribution in [-0.2, 0) is 0 Å². The quantitative estimate of drug-likeness (QED) is 0.684. The first kappa shape index (κ1) is 13.0. The van der Waals surface area contributed by atoms with Gasteiger partial charge in [0.2, 0.25) is 0 Å². The SMILES string of the molecule is CCCC1CC(C)(CN(C)C)CC1(C)C. The second-order valence-electron chi connectivity index (χ2n) is 6.90. The van der Waals surface area contributed by atoms with E-state index in [4.69, 9.17) is 0 Å². The molecule has 1 aliphatic rings. The summed E-state index contributed by atoms with van der Waals surface area (Å²) in [5, 5.41) is 0. The molecule has 90 valence electrons. The number of nitrogens with zero attached hydrogens (tertiary/aromatic N) is 1. The Kier molecular flexibility index (Phi) is 3.86. The first-order valence-electron chi connectivity index (χ1n) is 6.44. The van der Waals surface area contributed by atoms with Gasteiger partial charge in [-0.25, -0.2) is 0 Å². The Labute approximate surface area is 96.2 Å². The lowest BCUT2D eigenvalue weighted by Crippen LogP contribution is -2.29. The van der Waals surface area contributed by atoms with Crippen molar-refractivity contribution < 1.29 is 0 Å². The zero-order chi connectivity index (χ0) is 11.7. The molecule has 2 unspecified atom stereocenters. The van der Waals surface area contributed by atoms with E-state index >= 15 is 0 Å². The molecule has 1 rings (SSSR count). The lowest BCUT2D eigenvalue weighted by molar-refractivity contribution is 0.201. The van der Waals surface area contributed by atoms with Gasteiger partial charge < -0.3 is 4.90 Å². The zero-order valence-corrected chi connectivity index (χ0v) is 11.6. The fourth-order valence-corrected chi connectivity index (χ4v) is 3.91. The van der Waals surface area contributed by atoms with E-state index in [1.165, 1.54) is 32.2 Å². The van der Waals surface area contributed by atoms with Crippen LogP contribution in [0.4, 0.5) is 0 Å². The van der Waals surface area contributed by atoms with E-state index in [0.29, 0.717) is 10.8 Å². The smallest absolute Gasteiger partial charge is 0.00295 e. The molecule has 1 saturated carbocycles. The van der Waals surface area contributed by atoms with Crippen LogP contribution in [0.1, 0.15) is 53.4 Å². The number of hydrogen-bond donors (Lipinski definition) is 0. The van der Waals surface area contributed by atoms with Crippen LogP contribution >= 0.6 is 0 Å². The van der Waals surface area contributed by atoms with Gasteiger partial charge >= 0.3 is 0 Å². The zero-order valence-electron chi connectivity index (χ0n) is 11.6. The molecule has 0 bridgehead atoms. The van der Waals surface area contributed by atoms with Gasteiger partial charge in [-0.05, 0) is 43.7 Å². The van der Waals surface area contributed by atoms with Crippen molar-refractivity contribution in [2.75, 3.05) is 20.6 Å². The third-order valence-corrected chi connectivity index (χ3v) is 4.06. The molecule has 0 saturated heterocycles. The summed E-state index contributed by atoms with van der Waals surface area (Å²) < 4.78 is 0. The topological polar surface area (TPSA) is 3.24 Å². The van der Waals surface area contributed by atoms with Gasteiger partial charge in [0, 0.05) is 6.54 Å². The Hall–Kier alpha value is -0.0400. The van der Waals surface area contributed by atoms with Crippen molar-refractivity contribution in [1.82, 2.24) is 4.90 Å². The number of hydrogen-bond acceptors (Lipinski definition) is 1. The lowest BCUT2D eigenvalue weighted by atomic mass is 9.79. The summed E-state index contributed by atoms with van der Waals surface area (Å²) in [5.74, 6) is 0.937. The monoisotopic (exact) mass is 211 g/mol. The third-order valence-electron chi connectivity index (χ3n) is 4.06. The van der Waals surface area contributed by atoms with Crippen molar-refractivity contribution in [1.29, 1.82) is 0 Å². The molecule has 0 radical (unpaired) electrons. The highest BCUT2D eigenvalue weighted by molar-refractivity contribution is 4.97. The molecule has 1 fully saturated rings. The summed E-state index contributed by atoms with van der Waals surface area (Å²) in [6, 6.07) is 0. The molecular formula is C14H29N. The number of rotatable bonds is 4. The van der Waals surface area contributed by atoms with E-state index in [1.54, 1.807) is 0 Å². The Balaban J connectivity index is 2.67. The second-order valence-corrected chi connectivity index (χ2v) is 6.90. The van der Waals surface area contributed by atoms with Gasteiger partial charge in [-0.2, -0.15) is 0 Å². The van der Waals surface area contributed by atoms with Gasteiger partial charge in [-0.15, -0.1) is 0 Å². The average Bonchev–Trinajstić information content (AvgIpc) is 2.19. The maximum absolute atomic E-state index is 2.48. The van der Waals surface area contributed by atoms with Crippen LogP contribution in [0.25, 0.3) is 0 Å². The predicted molar refractivity (Wildman–Crippen MR) is 68.1 cm³/mol. The molecule has 0 aliphatic heterocycles. The summed E-state index contributed by atoms with van der Waals surface area (Å²) in [5.41, 5.74) is 1.10. The van der Waals surface area contributed by atoms with Gasteiger partial charge in [0.05, 0.1) is 0 Å². The van der Waals surface area contributed by atoms with Crippen molar-refractivity contribution in [2.45, 2.75) is 53.4 Å². The molecule has 0 aromatic rings. The molecule has 0 heterocycles. The van der Waals surface area contributed by atoms with Crippen molar-refractivity contribution in [2.24, 2.45) is 16.7 Å². The second kappa shape index (κ2) is 4.45. The first-order valence-corrected chi connectivity index (χ1v) is 6.44. The summed E-state index contributed by atoms with van der Waals surface area (Å²) in [7, 11) is 4.40. The minimum Gasteiger partial charge on any atom is -0.309 e. The normalized spacial score (nSPS) is 35.0. The summed E-state index contributed by atoms with van der Waals surface area (Å²) in [4.78, 5) is 2.35. The molecule has 0 amide bonds. The lowest BCUT2D eigenvalue weighted by Gasteiger charge is -2.29. The van der Waals surface area contributed by atoms with Crippen LogP contribution in [0.5, 0.6) is 0 Å². The highest BCUT2D eigenvalue weighted by atomic mass is 15.1. The van der Waals surface area contributed by atoms with Gasteiger partial charge in [-0.1, -0.05) is 40.5 Å². The standard InChI is InChI=1S/C14H29N/c1-7-8-12-9-14(4,11-15(5)6)10-13(12,2)3/h12H,7-11H2,1-6H3. The van der Waals surface area contributed by atoms with Crippen molar-refractivity contribution in [3.05, 3.63) is 0 Å². The third kappa shape index (κ3) is 3.21. The van der Waals surface area contributed by atoms with Gasteiger partial charge in [0.1, 0.15) is 0 Å². The molecular weight excluding hydrogens is 182 g/mol. The van der Waals surface area contributed by atoms with E-state index in [0.717, 1.165) is 5.92 Å². The molecule has 1 heteroatoms. The van der Waals surface area contributed by atoms with Crippen LogP contribution < -0.4 is 0 Å². The molecule has 1 nitrogen and oxygen atoms in total. The van der Waals surface area contributed by atoms with E-state index in [2.05, 4.69) is 46.7 Å². The Morgan fingerprint density at radius 2 is 1.80 bits per heavy atom. The Bertz CT molecular complexity index is 207. The fraction of sp³-hybridized carbons (Fsp3) is 1.00. The summed E-state index contributed by atoms with van der Waals surface area (Å²) >= 11 is 0. The Morgan fingerprint density at radius 1 is 1.20 bits per heavy atom. The molecule has 2 atom stereocenters. The average molecular weight is 211 g/mol. The van der Waals surface area contributed by atoms with Crippen LogP contribution in [0.15, 0.2) is 0 Å². The van der Waals surface area contributed by atoms with E-state index in [-0.39, 0.29) is 0 Å². The molecule has 1 aliphatic carbocycles. The highest BCUT2D eigenvalue weighted by Crippen LogP contribution is 2.54. The molecule has 0 aromatic carbocycles. The van der Waals surface area contributed by atoms with E-state index in [9.17, 15) is 0 Å². The molecule has 15 heavy (non-hydrogen) atoms. The van der Waals surface area contributed by atoms with Crippen molar-refractivity contribution in [3.8, 4) is 0 Å².